The predicted molar refractivity (Wildman–Crippen MR) is 71.0 cm³/mol. The standard InChI is InChI=1S/C11H14N4O3S/c16-19(17,15-5-7-18-8-6-15)14-11-9-3-1-2-4-10(9)12-13-11/h1-4H,5-8H2,(H2,12,13,14). The van der Waals surface area contributed by atoms with Crippen LogP contribution < -0.4 is 4.72 Å². The Morgan fingerprint density at radius 2 is 2.00 bits per heavy atom. The lowest BCUT2D eigenvalue weighted by Crippen LogP contribution is -2.43. The van der Waals surface area contributed by atoms with Crippen LogP contribution in [0.25, 0.3) is 10.9 Å². The van der Waals surface area contributed by atoms with Gasteiger partial charge < -0.3 is 4.74 Å². The molecule has 19 heavy (non-hydrogen) atoms. The van der Waals surface area contributed by atoms with Gasteiger partial charge in [0.05, 0.1) is 18.7 Å². The number of benzene rings is 1. The minimum atomic E-state index is -3.58. The molecule has 0 aliphatic carbocycles. The van der Waals surface area contributed by atoms with Gasteiger partial charge in [0, 0.05) is 18.5 Å². The number of morpholine rings is 1. The SMILES string of the molecule is O=S(=O)(Nc1n[nH]c2ccccc12)N1CCOCC1. The van der Waals surface area contributed by atoms with Crippen molar-refractivity contribution in [3.63, 3.8) is 0 Å². The number of hydrogen-bond donors (Lipinski definition) is 2. The van der Waals surface area contributed by atoms with Crippen LogP contribution in [0.15, 0.2) is 24.3 Å². The molecule has 1 aromatic heterocycles. The van der Waals surface area contributed by atoms with Crippen molar-refractivity contribution in [2.24, 2.45) is 0 Å². The molecule has 1 aliphatic heterocycles. The molecular weight excluding hydrogens is 268 g/mol. The van der Waals surface area contributed by atoms with Gasteiger partial charge in [0.1, 0.15) is 0 Å². The lowest BCUT2D eigenvalue weighted by atomic mass is 10.2. The first kappa shape index (κ1) is 12.4. The first-order valence-corrected chi connectivity index (χ1v) is 7.39. The van der Waals surface area contributed by atoms with Gasteiger partial charge >= 0.3 is 10.2 Å². The van der Waals surface area contributed by atoms with Crippen LogP contribution in [0.5, 0.6) is 0 Å². The summed E-state index contributed by atoms with van der Waals surface area (Å²) in [5.74, 6) is 0.321. The predicted octanol–water partition coefficient (Wildman–Crippen LogP) is 0.552. The Hall–Kier alpha value is -1.64. The zero-order chi connectivity index (χ0) is 13.3. The van der Waals surface area contributed by atoms with Crippen LogP contribution >= 0.6 is 0 Å². The molecule has 0 bridgehead atoms. The first-order valence-electron chi connectivity index (χ1n) is 5.95. The van der Waals surface area contributed by atoms with Crippen LogP contribution in [0.3, 0.4) is 0 Å². The largest absolute Gasteiger partial charge is 0.379 e. The van der Waals surface area contributed by atoms with Gasteiger partial charge in [-0.25, -0.2) is 0 Å². The number of rotatable bonds is 3. The van der Waals surface area contributed by atoms with Crippen molar-refractivity contribution in [1.82, 2.24) is 14.5 Å². The first-order chi connectivity index (χ1) is 9.17. The number of aromatic nitrogens is 2. The Morgan fingerprint density at radius 3 is 2.79 bits per heavy atom. The second-order valence-corrected chi connectivity index (χ2v) is 5.91. The lowest BCUT2D eigenvalue weighted by Gasteiger charge is -2.25. The quantitative estimate of drug-likeness (QED) is 0.860. The van der Waals surface area contributed by atoms with Gasteiger partial charge in [-0.3, -0.25) is 9.82 Å². The fourth-order valence-electron chi connectivity index (χ4n) is 2.01. The summed E-state index contributed by atoms with van der Waals surface area (Å²) in [4.78, 5) is 0. The van der Waals surface area contributed by atoms with E-state index in [0.29, 0.717) is 32.1 Å². The maximum atomic E-state index is 12.2. The van der Waals surface area contributed by atoms with Crippen molar-refractivity contribution in [1.29, 1.82) is 0 Å². The van der Waals surface area contributed by atoms with E-state index in [1.807, 2.05) is 24.3 Å². The molecule has 0 saturated carbocycles. The highest BCUT2D eigenvalue weighted by Gasteiger charge is 2.25. The van der Waals surface area contributed by atoms with Gasteiger partial charge in [-0.2, -0.15) is 17.8 Å². The molecule has 1 fully saturated rings. The number of nitrogens with zero attached hydrogens (tertiary/aromatic N) is 2. The molecule has 1 aromatic carbocycles. The molecule has 1 saturated heterocycles. The van der Waals surface area contributed by atoms with E-state index in [2.05, 4.69) is 14.9 Å². The summed E-state index contributed by atoms with van der Waals surface area (Å²) in [5, 5.41) is 7.55. The van der Waals surface area contributed by atoms with Gasteiger partial charge in [-0.15, -0.1) is 0 Å². The maximum Gasteiger partial charge on any atom is 0.303 e. The Morgan fingerprint density at radius 1 is 1.26 bits per heavy atom. The number of anilines is 1. The summed E-state index contributed by atoms with van der Waals surface area (Å²) >= 11 is 0. The molecule has 2 N–H and O–H groups in total. The van der Waals surface area contributed by atoms with E-state index >= 15 is 0 Å². The summed E-state index contributed by atoms with van der Waals surface area (Å²) in [5.41, 5.74) is 0.794. The highest BCUT2D eigenvalue weighted by atomic mass is 32.2. The smallest absolute Gasteiger partial charge is 0.303 e. The van der Waals surface area contributed by atoms with Crippen LogP contribution in [-0.4, -0.2) is 49.2 Å². The second-order valence-electron chi connectivity index (χ2n) is 4.24. The van der Waals surface area contributed by atoms with Gasteiger partial charge in [0.2, 0.25) is 0 Å². The topological polar surface area (TPSA) is 87.3 Å². The zero-order valence-corrected chi connectivity index (χ0v) is 11.0. The van der Waals surface area contributed by atoms with Crippen molar-refractivity contribution in [2.45, 2.75) is 0 Å². The summed E-state index contributed by atoms with van der Waals surface area (Å²) in [6.07, 6.45) is 0. The average molecular weight is 282 g/mol. The third-order valence-electron chi connectivity index (χ3n) is 3.01. The molecule has 0 spiro atoms. The fraction of sp³-hybridized carbons (Fsp3) is 0.364. The minimum Gasteiger partial charge on any atom is -0.379 e. The molecule has 0 unspecified atom stereocenters. The van der Waals surface area contributed by atoms with Crippen LogP contribution in [0.2, 0.25) is 0 Å². The second kappa shape index (κ2) is 4.80. The van der Waals surface area contributed by atoms with Gasteiger partial charge in [0.25, 0.3) is 0 Å². The number of para-hydroxylation sites is 1. The van der Waals surface area contributed by atoms with E-state index in [1.165, 1.54) is 4.31 Å². The summed E-state index contributed by atoms with van der Waals surface area (Å²) in [6, 6.07) is 7.36. The van der Waals surface area contributed by atoms with Crippen molar-refractivity contribution >= 4 is 26.9 Å². The fourth-order valence-corrected chi connectivity index (χ4v) is 3.17. The third-order valence-corrected chi connectivity index (χ3v) is 4.50. The number of fused-ring (bicyclic) bond motifs is 1. The van der Waals surface area contributed by atoms with Crippen LogP contribution in [0, 0.1) is 0 Å². The Kier molecular flexibility index (Phi) is 3.13. The van der Waals surface area contributed by atoms with Crippen molar-refractivity contribution in [2.75, 3.05) is 31.0 Å². The summed E-state index contributed by atoms with van der Waals surface area (Å²) in [7, 11) is -3.58. The molecule has 102 valence electrons. The van der Waals surface area contributed by atoms with Crippen LogP contribution in [0.4, 0.5) is 5.82 Å². The van der Waals surface area contributed by atoms with Crippen molar-refractivity contribution in [3.05, 3.63) is 24.3 Å². The van der Waals surface area contributed by atoms with Crippen molar-refractivity contribution in [3.8, 4) is 0 Å². The van der Waals surface area contributed by atoms with Crippen molar-refractivity contribution < 1.29 is 13.2 Å². The Labute approximate surface area is 110 Å². The maximum absolute atomic E-state index is 12.2. The summed E-state index contributed by atoms with van der Waals surface area (Å²) < 4.78 is 33.4. The van der Waals surface area contributed by atoms with Crippen LogP contribution in [-0.2, 0) is 14.9 Å². The molecule has 0 amide bonds. The molecule has 0 radical (unpaired) electrons. The molecule has 2 aromatic rings. The average Bonchev–Trinajstić information content (AvgIpc) is 2.83. The van der Waals surface area contributed by atoms with Crippen LogP contribution in [0.1, 0.15) is 0 Å². The highest BCUT2D eigenvalue weighted by Crippen LogP contribution is 2.21. The number of aromatic amines is 1. The Bertz CT molecular complexity index is 676. The molecule has 7 nitrogen and oxygen atoms in total. The molecule has 0 atom stereocenters. The van der Waals surface area contributed by atoms with E-state index in [1.54, 1.807) is 0 Å². The van der Waals surface area contributed by atoms with E-state index in [0.717, 1.165) is 10.9 Å². The van der Waals surface area contributed by atoms with E-state index < -0.39 is 10.2 Å². The third kappa shape index (κ3) is 2.42. The van der Waals surface area contributed by atoms with Gasteiger partial charge in [0.15, 0.2) is 5.82 Å². The number of nitrogens with one attached hydrogen (secondary N) is 2. The number of ether oxygens (including phenoxy) is 1. The zero-order valence-electron chi connectivity index (χ0n) is 10.2. The monoisotopic (exact) mass is 282 g/mol. The van der Waals surface area contributed by atoms with E-state index in [4.69, 9.17) is 4.74 Å². The summed E-state index contributed by atoms with van der Waals surface area (Å²) in [6.45, 7) is 1.56. The van der Waals surface area contributed by atoms with Gasteiger partial charge in [-0.1, -0.05) is 12.1 Å². The highest BCUT2D eigenvalue weighted by molar-refractivity contribution is 7.90. The normalized spacial score (nSPS) is 17.7. The Balaban J connectivity index is 1.87. The van der Waals surface area contributed by atoms with E-state index in [-0.39, 0.29) is 0 Å². The number of H-pyrrole nitrogens is 1. The molecular formula is C11H14N4O3S. The van der Waals surface area contributed by atoms with E-state index in [9.17, 15) is 8.42 Å². The molecule has 3 rings (SSSR count). The molecule has 1 aliphatic rings. The molecule has 8 heteroatoms. The lowest BCUT2D eigenvalue weighted by molar-refractivity contribution is 0.0733. The molecule has 2 heterocycles. The number of hydrogen-bond acceptors (Lipinski definition) is 4. The minimum absolute atomic E-state index is 0.321. The van der Waals surface area contributed by atoms with Gasteiger partial charge in [-0.05, 0) is 12.1 Å².